The number of pyridine rings is 1. The maximum atomic E-state index is 12.7. The zero-order chi connectivity index (χ0) is 19.8. The number of aromatic nitrogens is 1. The summed E-state index contributed by atoms with van der Waals surface area (Å²) in [7, 11) is 0. The van der Waals surface area contributed by atoms with Crippen LogP contribution in [0.1, 0.15) is 15.2 Å². The van der Waals surface area contributed by atoms with E-state index in [4.69, 9.17) is 20.2 Å². The van der Waals surface area contributed by atoms with Crippen LogP contribution in [0.25, 0.3) is 21.5 Å². The summed E-state index contributed by atoms with van der Waals surface area (Å²) in [6, 6.07) is 19.3. The number of nitrogen functional groups attached to an aromatic ring is 1. The number of ether oxygens (including phenoxy) is 2. The largest absolute Gasteiger partial charge is 0.454 e. The second-order valence-corrected chi connectivity index (χ2v) is 7.63. The molecule has 0 radical (unpaired) electrons. The third-order valence-electron chi connectivity index (χ3n) is 4.76. The van der Waals surface area contributed by atoms with Crippen LogP contribution in [0.5, 0.6) is 11.5 Å². The fraction of sp³-hybridized carbons (Fsp3) is 0.0909. The molecule has 0 spiro atoms. The van der Waals surface area contributed by atoms with Gasteiger partial charge in [-0.3, -0.25) is 4.79 Å². The number of carbonyl (C=O) groups is 1. The average Bonchev–Trinajstić information content (AvgIpc) is 3.36. The number of nitrogens with zero attached hydrogens (tertiary/aromatic N) is 1. The fourth-order valence-corrected chi connectivity index (χ4v) is 4.25. The van der Waals surface area contributed by atoms with Crippen LogP contribution in [0.3, 0.4) is 0 Å². The maximum absolute atomic E-state index is 12.7. The molecular formula is C22H17N3O3S. The lowest BCUT2D eigenvalue weighted by Crippen LogP contribution is -2.22. The van der Waals surface area contributed by atoms with Crippen molar-refractivity contribution in [3.05, 3.63) is 71.1 Å². The number of hydrogen-bond acceptors (Lipinski definition) is 6. The molecule has 2 aromatic heterocycles. The van der Waals surface area contributed by atoms with Crippen molar-refractivity contribution >= 4 is 33.1 Å². The molecule has 0 bridgehead atoms. The van der Waals surface area contributed by atoms with Gasteiger partial charge in [0, 0.05) is 17.5 Å². The number of carbonyl (C=O) groups excluding carboxylic acids is 1. The van der Waals surface area contributed by atoms with Crippen molar-refractivity contribution in [3.8, 4) is 22.8 Å². The predicted molar refractivity (Wildman–Crippen MR) is 113 cm³/mol. The van der Waals surface area contributed by atoms with Gasteiger partial charge in [0.15, 0.2) is 11.5 Å². The van der Waals surface area contributed by atoms with Crippen LogP contribution in [0.15, 0.2) is 60.7 Å². The molecule has 1 amide bonds. The standard InChI is InChI=1S/C22H17N3O3S/c23-19-15-7-8-16(14-6-9-17-18(10-14)28-12-27-17)25-22(15)29-20(19)21(26)24-11-13-4-2-1-3-5-13/h1-10H,11-12,23H2,(H,24,26). The van der Waals surface area contributed by atoms with E-state index in [1.807, 2.05) is 60.7 Å². The molecule has 5 rings (SSSR count). The molecule has 0 fully saturated rings. The van der Waals surface area contributed by atoms with Crippen LogP contribution in [-0.4, -0.2) is 17.7 Å². The lowest BCUT2D eigenvalue weighted by Gasteiger charge is -2.04. The number of fused-ring (bicyclic) bond motifs is 2. The van der Waals surface area contributed by atoms with Crippen molar-refractivity contribution < 1.29 is 14.3 Å². The van der Waals surface area contributed by atoms with Crippen LogP contribution >= 0.6 is 11.3 Å². The second-order valence-electron chi connectivity index (χ2n) is 6.63. The van der Waals surface area contributed by atoms with Crippen LogP contribution in [0.4, 0.5) is 5.69 Å². The monoisotopic (exact) mass is 403 g/mol. The molecule has 0 saturated heterocycles. The van der Waals surface area contributed by atoms with Crippen LogP contribution in [0.2, 0.25) is 0 Å². The Labute approximate surface area is 170 Å². The summed E-state index contributed by atoms with van der Waals surface area (Å²) < 4.78 is 10.8. The number of rotatable bonds is 4. The van der Waals surface area contributed by atoms with Gasteiger partial charge in [0.25, 0.3) is 5.91 Å². The SMILES string of the molecule is Nc1c(C(=O)NCc2ccccc2)sc2nc(-c3ccc4c(c3)OCO4)ccc12. The zero-order valence-corrected chi connectivity index (χ0v) is 16.2. The smallest absolute Gasteiger partial charge is 0.263 e. The molecule has 7 heteroatoms. The Morgan fingerprint density at radius 3 is 2.76 bits per heavy atom. The van der Waals surface area contributed by atoms with E-state index >= 15 is 0 Å². The molecule has 0 saturated carbocycles. The number of nitrogens with two attached hydrogens (primary N) is 1. The Balaban J connectivity index is 1.43. The van der Waals surface area contributed by atoms with Gasteiger partial charge in [-0.05, 0) is 35.9 Å². The average molecular weight is 403 g/mol. The van der Waals surface area contributed by atoms with Gasteiger partial charge in [0.05, 0.1) is 11.4 Å². The minimum absolute atomic E-state index is 0.195. The summed E-state index contributed by atoms with van der Waals surface area (Å²) in [6.45, 7) is 0.678. The first-order chi connectivity index (χ1) is 14.2. The third kappa shape index (κ3) is 3.25. The number of amides is 1. The van der Waals surface area contributed by atoms with E-state index in [1.165, 1.54) is 11.3 Å². The summed E-state index contributed by atoms with van der Waals surface area (Å²) in [5.41, 5.74) is 9.43. The van der Waals surface area contributed by atoms with E-state index in [2.05, 4.69) is 5.32 Å². The topological polar surface area (TPSA) is 86.5 Å². The number of thiophene rings is 1. The molecule has 0 unspecified atom stereocenters. The minimum Gasteiger partial charge on any atom is -0.454 e. The highest BCUT2D eigenvalue weighted by atomic mass is 32.1. The van der Waals surface area contributed by atoms with E-state index in [1.54, 1.807) is 0 Å². The van der Waals surface area contributed by atoms with Crippen LogP contribution in [0, 0.1) is 0 Å². The highest BCUT2D eigenvalue weighted by molar-refractivity contribution is 7.21. The normalized spacial score (nSPS) is 12.3. The summed E-state index contributed by atoms with van der Waals surface area (Å²) in [4.78, 5) is 18.6. The summed E-state index contributed by atoms with van der Waals surface area (Å²) in [6.07, 6.45) is 0. The van der Waals surface area contributed by atoms with Gasteiger partial charge in [-0.15, -0.1) is 11.3 Å². The highest BCUT2D eigenvalue weighted by Gasteiger charge is 2.19. The minimum atomic E-state index is -0.195. The Bertz CT molecular complexity index is 1220. The van der Waals surface area contributed by atoms with Crippen molar-refractivity contribution in [3.63, 3.8) is 0 Å². The summed E-state index contributed by atoms with van der Waals surface area (Å²) in [5, 5.41) is 3.71. The molecule has 29 heavy (non-hydrogen) atoms. The molecule has 0 aliphatic carbocycles. The molecule has 1 aliphatic rings. The van der Waals surface area contributed by atoms with E-state index in [9.17, 15) is 4.79 Å². The van der Waals surface area contributed by atoms with Crippen molar-refractivity contribution in [2.75, 3.05) is 12.5 Å². The van der Waals surface area contributed by atoms with Gasteiger partial charge < -0.3 is 20.5 Å². The van der Waals surface area contributed by atoms with Gasteiger partial charge >= 0.3 is 0 Å². The number of hydrogen-bond donors (Lipinski definition) is 2. The van der Waals surface area contributed by atoms with E-state index < -0.39 is 0 Å². The van der Waals surface area contributed by atoms with Crippen molar-refractivity contribution in [1.29, 1.82) is 0 Å². The molecule has 2 aromatic carbocycles. The molecule has 4 aromatic rings. The second kappa shape index (κ2) is 7.10. The van der Waals surface area contributed by atoms with Gasteiger partial charge in [0.2, 0.25) is 6.79 Å². The van der Waals surface area contributed by atoms with Gasteiger partial charge in [-0.1, -0.05) is 30.3 Å². The first kappa shape index (κ1) is 17.5. The molecule has 144 valence electrons. The van der Waals surface area contributed by atoms with Crippen molar-refractivity contribution in [1.82, 2.24) is 10.3 Å². The molecule has 3 heterocycles. The Hall–Kier alpha value is -3.58. The maximum Gasteiger partial charge on any atom is 0.263 e. The zero-order valence-electron chi connectivity index (χ0n) is 15.3. The van der Waals surface area contributed by atoms with Crippen LogP contribution < -0.4 is 20.5 Å². The van der Waals surface area contributed by atoms with Crippen LogP contribution in [-0.2, 0) is 6.54 Å². The Kier molecular flexibility index (Phi) is 4.29. The molecule has 1 aliphatic heterocycles. The number of benzene rings is 2. The van der Waals surface area contributed by atoms with Gasteiger partial charge in [0.1, 0.15) is 9.71 Å². The molecule has 3 N–H and O–H groups in total. The van der Waals surface area contributed by atoms with E-state index in [0.29, 0.717) is 22.9 Å². The van der Waals surface area contributed by atoms with E-state index in [0.717, 1.165) is 32.8 Å². The highest BCUT2D eigenvalue weighted by Crippen LogP contribution is 2.38. The molecule has 0 atom stereocenters. The lowest BCUT2D eigenvalue weighted by molar-refractivity contribution is 0.0956. The Morgan fingerprint density at radius 1 is 1.07 bits per heavy atom. The molecular weight excluding hydrogens is 386 g/mol. The van der Waals surface area contributed by atoms with Gasteiger partial charge in [-0.2, -0.15) is 0 Å². The summed E-state index contributed by atoms with van der Waals surface area (Å²) >= 11 is 1.30. The Morgan fingerprint density at radius 2 is 1.90 bits per heavy atom. The lowest BCUT2D eigenvalue weighted by atomic mass is 10.1. The quantitative estimate of drug-likeness (QED) is 0.533. The number of nitrogens with one attached hydrogen (secondary N) is 1. The van der Waals surface area contributed by atoms with Crippen molar-refractivity contribution in [2.45, 2.75) is 6.54 Å². The fourth-order valence-electron chi connectivity index (χ4n) is 3.24. The number of anilines is 1. The van der Waals surface area contributed by atoms with E-state index in [-0.39, 0.29) is 12.7 Å². The molecule has 6 nitrogen and oxygen atoms in total. The predicted octanol–water partition coefficient (Wildman–Crippen LogP) is 4.20. The first-order valence-corrected chi connectivity index (χ1v) is 9.92. The third-order valence-corrected chi connectivity index (χ3v) is 5.88. The van der Waals surface area contributed by atoms with Gasteiger partial charge in [-0.25, -0.2) is 4.98 Å². The summed E-state index contributed by atoms with van der Waals surface area (Å²) in [5.74, 6) is 1.24. The first-order valence-electron chi connectivity index (χ1n) is 9.10. The van der Waals surface area contributed by atoms with Crippen molar-refractivity contribution in [2.24, 2.45) is 0 Å².